The maximum atomic E-state index is 12.7. The van der Waals surface area contributed by atoms with Crippen molar-refractivity contribution in [3.8, 4) is 0 Å². The Hall–Kier alpha value is -0.770. The van der Waals surface area contributed by atoms with Crippen LogP contribution in [0.3, 0.4) is 0 Å². The third-order valence-corrected chi connectivity index (χ3v) is 4.74. The molecule has 2 heterocycles. The van der Waals surface area contributed by atoms with E-state index in [2.05, 4.69) is 22.9 Å². The van der Waals surface area contributed by atoms with Crippen LogP contribution in [0.25, 0.3) is 0 Å². The van der Waals surface area contributed by atoms with Crippen LogP contribution >= 0.6 is 15.9 Å². The number of furan rings is 1. The fourth-order valence-corrected chi connectivity index (χ4v) is 3.74. The van der Waals surface area contributed by atoms with Crippen molar-refractivity contribution in [1.82, 2.24) is 4.90 Å². The highest BCUT2D eigenvalue weighted by atomic mass is 79.9. The molecule has 18 heavy (non-hydrogen) atoms. The van der Waals surface area contributed by atoms with E-state index >= 15 is 0 Å². The van der Waals surface area contributed by atoms with Gasteiger partial charge >= 0.3 is 0 Å². The lowest BCUT2D eigenvalue weighted by Crippen LogP contribution is -2.39. The fraction of sp³-hybridized carbons (Fsp3) is 0.643. The first-order chi connectivity index (χ1) is 8.47. The topological polar surface area (TPSA) is 33.5 Å². The summed E-state index contributed by atoms with van der Waals surface area (Å²) in [6.07, 6.45) is 1.08. The van der Waals surface area contributed by atoms with Crippen molar-refractivity contribution < 1.29 is 9.21 Å². The average molecular weight is 314 g/mol. The number of carbonyl (C=O) groups is 1. The SMILES string of the molecule is Cc1oc(C)c(C(=O)N2CCC(C)C2CBr)c1C. The molecule has 0 spiro atoms. The highest BCUT2D eigenvalue weighted by molar-refractivity contribution is 9.09. The van der Waals surface area contributed by atoms with Crippen LogP contribution in [0.2, 0.25) is 0 Å². The Labute approximate surface area is 117 Å². The van der Waals surface area contributed by atoms with Crippen LogP contribution in [0.1, 0.15) is 40.8 Å². The Morgan fingerprint density at radius 1 is 1.39 bits per heavy atom. The zero-order valence-electron chi connectivity index (χ0n) is 11.4. The molecule has 0 bridgehead atoms. The summed E-state index contributed by atoms with van der Waals surface area (Å²) in [4.78, 5) is 14.7. The van der Waals surface area contributed by atoms with Gasteiger partial charge in [-0.15, -0.1) is 0 Å². The molecule has 0 radical (unpaired) electrons. The Morgan fingerprint density at radius 2 is 2.06 bits per heavy atom. The van der Waals surface area contributed by atoms with E-state index in [-0.39, 0.29) is 5.91 Å². The van der Waals surface area contributed by atoms with Crippen molar-refractivity contribution in [2.75, 3.05) is 11.9 Å². The van der Waals surface area contributed by atoms with Crippen molar-refractivity contribution in [1.29, 1.82) is 0 Å². The summed E-state index contributed by atoms with van der Waals surface area (Å²) in [6.45, 7) is 8.80. The third-order valence-electron chi connectivity index (χ3n) is 4.08. The van der Waals surface area contributed by atoms with Gasteiger partial charge in [0.1, 0.15) is 11.5 Å². The molecule has 2 atom stereocenters. The largest absolute Gasteiger partial charge is 0.466 e. The highest BCUT2D eigenvalue weighted by Gasteiger charge is 2.35. The number of amides is 1. The molecule has 2 rings (SSSR count). The normalized spacial score (nSPS) is 23.7. The van der Waals surface area contributed by atoms with E-state index in [9.17, 15) is 4.79 Å². The minimum absolute atomic E-state index is 0.121. The molecule has 1 aromatic heterocycles. The van der Waals surface area contributed by atoms with Crippen molar-refractivity contribution >= 4 is 21.8 Å². The molecule has 0 saturated carbocycles. The summed E-state index contributed by atoms with van der Waals surface area (Å²) in [6, 6.07) is 0.298. The first kappa shape index (κ1) is 13.7. The highest BCUT2D eigenvalue weighted by Crippen LogP contribution is 2.30. The summed E-state index contributed by atoms with van der Waals surface area (Å²) < 4.78 is 5.56. The molecule has 1 aliphatic heterocycles. The molecule has 1 aliphatic rings. The van der Waals surface area contributed by atoms with Gasteiger partial charge in [0.2, 0.25) is 0 Å². The molecule has 0 N–H and O–H groups in total. The maximum absolute atomic E-state index is 12.7. The van der Waals surface area contributed by atoms with Crippen LogP contribution in [0.4, 0.5) is 0 Å². The molecular formula is C14H20BrNO2. The van der Waals surface area contributed by atoms with Crippen LogP contribution < -0.4 is 0 Å². The van der Waals surface area contributed by atoms with Crippen molar-refractivity contribution in [3.63, 3.8) is 0 Å². The van der Waals surface area contributed by atoms with Crippen molar-refractivity contribution in [2.24, 2.45) is 5.92 Å². The van der Waals surface area contributed by atoms with Gasteiger partial charge in [-0.3, -0.25) is 4.79 Å². The van der Waals surface area contributed by atoms with E-state index in [1.54, 1.807) is 0 Å². The van der Waals surface area contributed by atoms with Gasteiger partial charge in [0.25, 0.3) is 5.91 Å². The molecule has 0 aliphatic carbocycles. The van der Waals surface area contributed by atoms with Crippen LogP contribution in [0.5, 0.6) is 0 Å². The number of likely N-dealkylation sites (tertiary alicyclic amines) is 1. The molecule has 0 aromatic carbocycles. The number of alkyl halides is 1. The number of rotatable bonds is 2. The van der Waals surface area contributed by atoms with Gasteiger partial charge in [-0.2, -0.15) is 0 Å². The lowest BCUT2D eigenvalue weighted by atomic mass is 10.0. The Kier molecular flexibility index (Phi) is 3.85. The standard InChI is InChI=1S/C14H20BrNO2/c1-8-5-6-16(12(8)7-15)14(17)13-9(2)10(3)18-11(13)4/h8,12H,5-7H2,1-4H3. The number of halogens is 1. The fourth-order valence-electron chi connectivity index (χ4n) is 2.75. The van der Waals surface area contributed by atoms with Crippen molar-refractivity contribution in [3.05, 3.63) is 22.6 Å². The second kappa shape index (κ2) is 5.08. The predicted molar refractivity (Wildman–Crippen MR) is 75.3 cm³/mol. The molecule has 1 amide bonds. The monoisotopic (exact) mass is 313 g/mol. The Bertz CT molecular complexity index is 467. The summed E-state index contributed by atoms with van der Waals surface area (Å²) in [7, 11) is 0. The van der Waals surface area contributed by atoms with Gasteiger partial charge in [-0.25, -0.2) is 0 Å². The van der Waals surface area contributed by atoms with Gasteiger partial charge in [0.05, 0.1) is 5.56 Å². The summed E-state index contributed by atoms with van der Waals surface area (Å²) >= 11 is 3.52. The molecule has 2 unspecified atom stereocenters. The Balaban J connectivity index is 2.32. The number of hydrogen-bond donors (Lipinski definition) is 0. The number of hydrogen-bond acceptors (Lipinski definition) is 2. The minimum atomic E-state index is 0.121. The second-order valence-electron chi connectivity index (χ2n) is 5.20. The first-order valence-corrected chi connectivity index (χ1v) is 7.53. The Morgan fingerprint density at radius 3 is 2.56 bits per heavy atom. The number of nitrogens with zero attached hydrogens (tertiary/aromatic N) is 1. The van der Waals surface area contributed by atoms with Crippen LogP contribution in [-0.2, 0) is 0 Å². The number of carbonyl (C=O) groups excluding carboxylic acids is 1. The zero-order chi connectivity index (χ0) is 13.4. The predicted octanol–water partition coefficient (Wildman–Crippen LogP) is 3.45. The molecule has 100 valence electrons. The molecule has 1 saturated heterocycles. The van der Waals surface area contributed by atoms with Crippen LogP contribution in [-0.4, -0.2) is 28.7 Å². The maximum Gasteiger partial charge on any atom is 0.257 e. The van der Waals surface area contributed by atoms with Gasteiger partial charge < -0.3 is 9.32 Å². The molecular weight excluding hydrogens is 294 g/mol. The van der Waals surface area contributed by atoms with E-state index in [1.165, 1.54) is 0 Å². The lowest BCUT2D eigenvalue weighted by Gasteiger charge is -2.25. The zero-order valence-corrected chi connectivity index (χ0v) is 13.0. The molecule has 1 fully saturated rings. The number of aryl methyl sites for hydroxylation is 2. The van der Waals surface area contributed by atoms with E-state index in [0.29, 0.717) is 12.0 Å². The second-order valence-corrected chi connectivity index (χ2v) is 5.85. The molecule has 4 heteroatoms. The van der Waals surface area contributed by atoms with E-state index in [0.717, 1.165) is 40.9 Å². The van der Waals surface area contributed by atoms with E-state index < -0.39 is 0 Å². The van der Waals surface area contributed by atoms with E-state index in [1.807, 2.05) is 25.7 Å². The summed E-state index contributed by atoms with van der Waals surface area (Å²) in [5, 5.41) is 0.842. The lowest BCUT2D eigenvalue weighted by molar-refractivity contribution is 0.0736. The smallest absolute Gasteiger partial charge is 0.257 e. The molecule has 1 aromatic rings. The minimum Gasteiger partial charge on any atom is -0.466 e. The van der Waals surface area contributed by atoms with Crippen LogP contribution in [0, 0.1) is 26.7 Å². The van der Waals surface area contributed by atoms with Crippen molar-refractivity contribution in [2.45, 2.75) is 40.2 Å². The van der Waals surface area contributed by atoms with Gasteiger partial charge in [-0.05, 0) is 33.1 Å². The van der Waals surface area contributed by atoms with E-state index in [4.69, 9.17) is 4.42 Å². The van der Waals surface area contributed by atoms with Gasteiger partial charge in [0, 0.05) is 23.5 Å². The first-order valence-electron chi connectivity index (χ1n) is 6.40. The summed E-state index contributed by atoms with van der Waals surface area (Å²) in [5.74, 6) is 2.26. The summed E-state index contributed by atoms with van der Waals surface area (Å²) in [5.41, 5.74) is 1.73. The van der Waals surface area contributed by atoms with Crippen LogP contribution in [0.15, 0.2) is 4.42 Å². The molecule has 3 nitrogen and oxygen atoms in total. The third kappa shape index (κ3) is 2.11. The quantitative estimate of drug-likeness (QED) is 0.784. The van der Waals surface area contributed by atoms with Gasteiger partial charge in [0.15, 0.2) is 0 Å². The average Bonchev–Trinajstić information content (AvgIpc) is 2.80. The van der Waals surface area contributed by atoms with Gasteiger partial charge in [-0.1, -0.05) is 22.9 Å².